The van der Waals surface area contributed by atoms with Crippen LogP contribution in [0.5, 0.6) is 11.5 Å². The molecule has 1 heterocycles. The average molecular weight is 403 g/mol. The number of hydrogen-bond donors (Lipinski definition) is 1. The van der Waals surface area contributed by atoms with Gasteiger partial charge < -0.3 is 15.2 Å². The minimum Gasteiger partial charge on any atom is -0.493 e. The number of halogens is 1. The number of ether oxygens (including phenoxy) is 2. The molecule has 2 N–H and O–H groups in total. The fourth-order valence-electron chi connectivity index (χ4n) is 2.44. The van der Waals surface area contributed by atoms with Gasteiger partial charge in [-0.25, -0.2) is 0 Å². The summed E-state index contributed by atoms with van der Waals surface area (Å²) in [6.07, 6.45) is 2.47. The lowest BCUT2D eigenvalue weighted by Crippen LogP contribution is -2.05. The molecule has 1 aliphatic rings. The molecular weight excluding hydrogens is 384 g/mol. The number of aliphatic imine (C=N–C) groups is 1. The van der Waals surface area contributed by atoms with E-state index >= 15 is 0 Å². The molecule has 0 radical (unpaired) electrons. The summed E-state index contributed by atoms with van der Waals surface area (Å²) < 4.78 is 11.6. The Bertz CT molecular complexity index is 912. The van der Waals surface area contributed by atoms with E-state index < -0.39 is 0 Å². The van der Waals surface area contributed by atoms with Crippen molar-refractivity contribution in [2.45, 2.75) is 13.3 Å². The summed E-state index contributed by atoms with van der Waals surface area (Å²) in [5.41, 5.74) is 7.38. The van der Waals surface area contributed by atoms with Crippen molar-refractivity contribution in [3.63, 3.8) is 0 Å². The third kappa shape index (κ3) is 5.28. The zero-order chi connectivity index (χ0) is 19.2. The summed E-state index contributed by atoms with van der Waals surface area (Å²) in [4.78, 5) is 16.0. The standard InChI is InChI=1S/C20H19ClN2O3S/c1-13-11-15(7-8-16(13)21)25-9-4-10-26-17-6-3-2-5-14(17)12-18-19(24)23-20(22)27-18/h2-3,5-8,11-12H,4,9-10H2,1H3,(H2,22,23,24)/b18-12+. The third-order valence-corrected chi connectivity index (χ3v) is 5.02. The summed E-state index contributed by atoms with van der Waals surface area (Å²) in [5.74, 6) is 1.17. The maximum absolute atomic E-state index is 11.8. The first-order chi connectivity index (χ1) is 13.0. The van der Waals surface area contributed by atoms with Gasteiger partial charge in [0, 0.05) is 17.0 Å². The molecule has 0 saturated heterocycles. The first kappa shape index (κ1) is 19.3. The fraction of sp³-hybridized carbons (Fsp3) is 0.200. The van der Waals surface area contributed by atoms with E-state index in [0.29, 0.717) is 23.9 Å². The van der Waals surface area contributed by atoms with Crippen LogP contribution in [0.1, 0.15) is 17.5 Å². The molecule has 27 heavy (non-hydrogen) atoms. The molecule has 0 saturated carbocycles. The van der Waals surface area contributed by atoms with Gasteiger partial charge in [-0.3, -0.25) is 4.79 Å². The SMILES string of the molecule is Cc1cc(OCCCOc2ccccc2/C=C2/SC(N)=NC2=O)ccc1Cl. The molecule has 0 unspecified atom stereocenters. The summed E-state index contributed by atoms with van der Waals surface area (Å²) in [6.45, 7) is 2.96. The van der Waals surface area contributed by atoms with Gasteiger partial charge in [-0.15, -0.1) is 0 Å². The molecular formula is C20H19ClN2O3S. The lowest BCUT2D eigenvalue weighted by atomic mass is 10.2. The van der Waals surface area contributed by atoms with Gasteiger partial charge in [0.05, 0.1) is 18.1 Å². The van der Waals surface area contributed by atoms with Crippen LogP contribution in [0.3, 0.4) is 0 Å². The number of para-hydroxylation sites is 1. The van der Waals surface area contributed by atoms with Crippen molar-refractivity contribution >= 4 is 40.5 Å². The van der Waals surface area contributed by atoms with E-state index in [1.165, 1.54) is 0 Å². The second-order valence-electron chi connectivity index (χ2n) is 5.87. The number of amidine groups is 1. The van der Waals surface area contributed by atoms with Crippen molar-refractivity contribution in [1.29, 1.82) is 0 Å². The Kier molecular flexibility index (Phi) is 6.42. The number of amides is 1. The van der Waals surface area contributed by atoms with Gasteiger partial charge in [0.15, 0.2) is 5.17 Å². The highest BCUT2D eigenvalue weighted by Gasteiger charge is 2.20. The Morgan fingerprint density at radius 1 is 1.19 bits per heavy atom. The Balaban J connectivity index is 1.52. The van der Waals surface area contributed by atoms with Gasteiger partial charge in [0.1, 0.15) is 11.5 Å². The minimum atomic E-state index is -0.320. The molecule has 140 valence electrons. The van der Waals surface area contributed by atoms with Gasteiger partial charge in [0.2, 0.25) is 0 Å². The van der Waals surface area contributed by atoms with Crippen LogP contribution in [0, 0.1) is 6.92 Å². The number of nitrogens with two attached hydrogens (primary N) is 1. The molecule has 0 aromatic heterocycles. The van der Waals surface area contributed by atoms with Crippen molar-refractivity contribution in [3.8, 4) is 11.5 Å². The van der Waals surface area contributed by atoms with Crippen LogP contribution >= 0.6 is 23.4 Å². The predicted octanol–water partition coefficient (Wildman–Crippen LogP) is 4.43. The van der Waals surface area contributed by atoms with Gasteiger partial charge in [0.25, 0.3) is 5.91 Å². The van der Waals surface area contributed by atoms with Gasteiger partial charge in [-0.05, 0) is 54.6 Å². The van der Waals surface area contributed by atoms with E-state index in [9.17, 15) is 4.79 Å². The molecule has 0 fully saturated rings. The molecule has 1 amide bonds. The first-order valence-electron chi connectivity index (χ1n) is 8.42. The Morgan fingerprint density at radius 2 is 1.96 bits per heavy atom. The van der Waals surface area contributed by atoms with Crippen LogP contribution in [0.15, 0.2) is 52.4 Å². The van der Waals surface area contributed by atoms with Crippen LogP contribution in [0.4, 0.5) is 0 Å². The lowest BCUT2D eigenvalue weighted by Gasteiger charge is -2.11. The highest BCUT2D eigenvalue weighted by atomic mass is 35.5. The van der Waals surface area contributed by atoms with Crippen molar-refractivity contribution in [3.05, 3.63) is 63.5 Å². The number of carbonyl (C=O) groups is 1. The van der Waals surface area contributed by atoms with Crippen LogP contribution in [-0.2, 0) is 4.79 Å². The van der Waals surface area contributed by atoms with Crippen LogP contribution < -0.4 is 15.2 Å². The molecule has 2 aromatic rings. The van der Waals surface area contributed by atoms with Gasteiger partial charge >= 0.3 is 0 Å². The summed E-state index contributed by atoms with van der Waals surface area (Å²) in [7, 11) is 0. The summed E-state index contributed by atoms with van der Waals surface area (Å²) in [5, 5.41) is 0.988. The molecule has 5 nitrogen and oxygen atoms in total. The topological polar surface area (TPSA) is 73.9 Å². The second-order valence-corrected chi connectivity index (χ2v) is 7.33. The first-order valence-corrected chi connectivity index (χ1v) is 9.61. The smallest absolute Gasteiger partial charge is 0.286 e. The number of aryl methyl sites for hydroxylation is 1. The molecule has 3 rings (SSSR count). The van der Waals surface area contributed by atoms with Crippen LogP contribution in [0.2, 0.25) is 5.02 Å². The summed E-state index contributed by atoms with van der Waals surface area (Å²) >= 11 is 7.17. The van der Waals surface area contributed by atoms with Crippen molar-refractivity contribution in [2.24, 2.45) is 10.7 Å². The molecule has 0 aliphatic carbocycles. The van der Waals surface area contributed by atoms with E-state index in [-0.39, 0.29) is 11.1 Å². The minimum absolute atomic E-state index is 0.263. The Hall–Kier alpha value is -2.44. The zero-order valence-corrected chi connectivity index (χ0v) is 16.3. The highest BCUT2D eigenvalue weighted by Crippen LogP contribution is 2.29. The van der Waals surface area contributed by atoms with Crippen molar-refractivity contribution in [1.82, 2.24) is 0 Å². The van der Waals surface area contributed by atoms with Crippen molar-refractivity contribution in [2.75, 3.05) is 13.2 Å². The van der Waals surface area contributed by atoms with Gasteiger partial charge in [-0.2, -0.15) is 4.99 Å². The highest BCUT2D eigenvalue weighted by molar-refractivity contribution is 8.18. The predicted molar refractivity (Wildman–Crippen MR) is 110 cm³/mol. The number of benzene rings is 2. The number of hydrogen-bond acceptors (Lipinski definition) is 5. The molecule has 7 heteroatoms. The third-order valence-electron chi connectivity index (χ3n) is 3.79. The maximum Gasteiger partial charge on any atom is 0.286 e. The largest absolute Gasteiger partial charge is 0.493 e. The normalized spacial score (nSPS) is 15.1. The summed E-state index contributed by atoms with van der Waals surface area (Å²) in [6, 6.07) is 13.1. The molecule has 0 bridgehead atoms. The van der Waals surface area contributed by atoms with E-state index in [4.69, 9.17) is 26.8 Å². The fourth-order valence-corrected chi connectivity index (χ4v) is 3.23. The van der Waals surface area contributed by atoms with Gasteiger partial charge in [-0.1, -0.05) is 29.8 Å². The molecule has 0 atom stereocenters. The van der Waals surface area contributed by atoms with E-state index in [1.54, 1.807) is 6.08 Å². The van der Waals surface area contributed by atoms with E-state index in [1.807, 2.05) is 49.4 Å². The molecule has 1 aliphatic heterocycles. The Labute approximate surface area is 167 Å². The maximum atomic E-state index is 11.8. The number of rotatable bonds is 7. The monoisotopic (exact) mass is 402 g/mol. The Morgan fingerprint density at radius 3 is 2.70 bits per heavy atom. The second kappa shape index (κ2) is 8.97. The van der Waals surface area contributed by atoms with Crippen LogP contribution in [0.25, 0.3) is 6.08 Å². The quantitative estimate of drug-likeness (QED) is 0.548. The molecule has 2 aromatic carbocycles. The lowest BCUT2D eigenvalue weighted by molar-refractivity contribution is -0.113. The number of carbonyl (C=O) groups excluding carboxylic acids is 1. The zero-order valence-electron chi connectivity index (χ0n) is 14.8. The van der Waals surface area contributed by atoms with Crippen molar-refractivity contribution < 1.29 is 14.3 Å². The van der Waals surface area contributed by atoms with Crippen LogP contribution in [-0.4, -0.2) is 24.3 Å². The number of thioether (sulfide) groups is 1. The van der Waals surface area contributed by atoms with E-state index in [2.05, 4.69) is 4.99 Å². The average Bonchev–Trinajstić information content (AvgIpc) is 2.96. The molecule has 0 spiro atoms. The number of nitrogens with zero attached hydrogens (tertiary/aromatic N) is 1. The van der Waals surface area contributed by atoms with E-state index in [0.717, 1.165) is 40.1 Å².